The van der Waals surface area contributed by atoms with E-state index in [9.17, 15) is 4.79 Å². The number of hydrogen-bond acceptors (Lipinski definition) is 5. The number of carbonyl (C=O) groups excluding carboxylic acids is 1. The average Bonchev–Trinajstić information content (AvgIpc) is 3.17. The Morgan fingerprint density at radius 1 is 1.30 bits per heavy atom. The largest absolute Gasteiger partial charge is 0.454 e. The smallest absolute Gasteiger partial charge is 0.319 e. The highest BCUT2D eigenvalue weighted by molar-refractivity contribution is 7.07. The van der Waals surface area contributed by atoms with Crippen LogP contribution in [0.2, 0.25) is 0 Å². The van der Waals surface area contributed by atoms with Gasteiger partial charge in [0.05, 0.1) is 6.04 Å². The molecule has 0 aliphatic carbocycles. The van der Waals surface area contributed by atoms with Crippen LogP contribution in [0.1, 0.15) is 11.6 Å². The Labute approximate surface area is 139 Å². The van der Waals surface area contributed by atoms with Gasteiger partial charge in [0.15, 0.2) is 11.5 Å². The average molecular weight is 333 g/mol. The number of fused-ring (bicyclic) bond motifs is 1. The summed E-state index contributed by atoms with van der Waals surface area (Å²) in [6.45, 7) is 0.746. The standard InChI is InChI=1S/C16H19N3O3S/c1-19(2)13(11-5-6-23-9-11)8-17-16(20)18-12-3-4-14-15(7-12)22-10-21-14/h3-7,9,13H,8,10H2,1-2H3,(H2,17,18,20)/t13-/m0/s1. The number of carbonyl (C=O) groups is 1. The van der Waals surface area contributed by atoms with Gasteiger partial charge in [-0.3, -0.25) is 0 Å². The Morgan fingerprint density at radius 3 is 2.87 bits per heavy atom. The molecule has 7 heteroatoms. The molecular weight excluding hydrogens is 314 g/mol. The van der Waals surface area contributed by atoms with E-state index in [4.69, 9.17) is 9.47 Å². The molecule has 2 aromatic rings. The molecule has 6 nitrogen and oxygen atoms in total. The molecule has 0 fully saturated rings. The van der Waals surface area contributed by atoms with Crippen molar-refractivity contribution in [2.45, 2.75) is 6.04 Å². The quantitative estimate of drug-likeness (QED) is 0.883. The van der Waals surface area contributed by atoms with E-state index >= 15 is 0 Å². The minimum Gasteiger partial charge on any atom is -0.454 e. The SMILES string of the molecule is CN(C)[C@@H](CNC(=O)Nc1ccc2c(c1)OCO2)c1ccsc1. The van der Waals surface area contributed by atoms with Crippen LogP contribution in [0, 0.1) is 0 Å². The molecule has 2 heterocycles. The lowest BCUT2D eigenvalue weighted by molar-refractivity contribution is 0.174. The van der Waals surface area contributed by atoms with Crippen molar-refractivity contribution in [2.24, 2.45) is 0 Å². The van der Waals surface area contributed by atoms with Gasteiger partial charge in [-0.05, 0) is 48.6 Å². The summed E-state index contributed by atoms with van der Waals surface area (Å²) >= 11 is 1.65. The molecular formula is C16H19N3O3S. The van der Waals surface area contributed by atoms with Crippen molar-refractivity contribution >= 4 is 23.1 Å². The number of urea groups is 1. The van der Waals surface area contributed by atoms with E-state index in [1.54, 1.807) is 29.5 Å². The fourth-order valence-corrected chi connectivity index (χ4v) is 3.11. The van der Waals surface area contributed by atoms with Gasteiger partial charge in [0.1, 0.15) is 0 Å². The minimum atomic E-state index is -0.244. The van der Waals surface area contributed by atoms with Crippen LogP contribution in [0.3, 0.4) is 0 Å². The molecule has 2 amide bonds. The molecule has 0 spiro atoms. The number of nitrogens with zero attached hydrogens (tertiary/aromatic N) is 1. The zero-order valence-electron chi connectivity index (χ0n) is 13.0. The Morgan fingerprint density at radius 2 is 2.13 bits per heavy atom. The summed E-state index contributed by atoms with van der Waals surface area (Å²) in [4.78, 5) is 14.2. The molecule has 1 aliphatic rings. The summed E-state index contributed by atoms with van der Waals surface area (Å²) in [6.07, 6.45) is 0. The van der Waals surface area contributed by atoms with Gasteiger partial charge in [-0.25, -0.2) is 4.79 Å². The molecule has 0 unspecified atom stereocenters. The van der Waals surface area contributed by atoms with E-state index in [2.05, 4.69) is 27.0 Å². The highest BCUT2D eigenvalue weighted by Gasteiger charge is 2.17. The highest BCUT2D eigenvalue weighted by atomic mass is 32.1. The highest BCUT2D eigenvalue weighted by Crippen LogP contribution is 2.34. The third-order valence-electron chi connectivity index (χ3n) is 3.64. The molecule has 1 aromatic carbocycles. The van der Waals surface area contributed by atoms with E-state index in [0.717, 1.165) is 0 Å². The lowest BCUT2D eigenvalue weighted by Crippen LogP contribution is -2.36. The third-order valence-corrected chi connectivity index (χ3v) is 4.34. The van der Waals surface area contributed by atoms with Gasteiger partial charge < -0.3 is 25.0 Å². The fraction of sp³-hybridized carbons (Fsp3) is 0.312. The number of hydrogen-bond donors (Lipinski definition) is 2. The van der Waals surface area contributed by atoms with Crippen LogP contribution in [-0.2, 0) is 0 Å². The number of likely N-dealkylation sites (N-methyl/N-ethyl adjacent to an activating group) is 1. The maximum Gasteiger partial charge on any atom is 0.319 e. The first-order chi connectivity index (χ1) is 11.1. The van der Waals surface area contributed by atoms with Gasteiger partial charge in [-0.2, -0.15) is 11.3 Å². The van der Waals surface area contributed by atoms with Crippen molar-refractivity contribution in [1.29, 1.82) is 0 Å². The maximum atomic E-state index is 12.1. The van der Waals surface area contributed by atoms with Crippen LogP contribution >= 0.6 is 11.3 Å². The molecule has 1 aromatic heterocycles. The fourth-order valence-electron chi connectivity index (χ4n) is 2.40. The molecule has 3 rings (SSSR count). The first kappa shape index (κ1) is 15.6. The summed E-state index contributed by atoms with van der Waals surface area (Å²) in [6, 6.07) is 7.30. The van der Waals surface area contributed by atoms with Gasteiger partial charge in [0, 0.05) is 18.3 Å². The Hall–Kier alpha value is -2.25. The topological polar surface area (TPSA) is 62.8 Å². The van der Waals surface area contributed by atoms with Crippen molar-refractivity contribution < 1.29 is 14.3 Å². The van der Waals surface area contributed by atoms with E-state index in [1.807, 2.05) is 19.5 Å². The van der Waals surface area contributed by atoms with E-state index in [-0.39, 0.29) is 18.9 Å². The number of benzene rings is 1. The molecule has 0 bridgehead atoms. The van der Waals surface area contributed by atoms with Crippen molar-refractivity contribution in [3.63, 3.8) is 0 Å². The number of anilines is 1. The van der Waals surface area contributed by atoms with Crippen LogP contribution in [0.4, 0.5) is 10.5 Å². The van der Waals surface area contributed by atoms with E-state index < -0.39 is 0 Å². The lowest BCUT2D eigenvalue weighted by atomic mass is 10.1. The van der Waals surface area contributed by atoms with E-state index in [0.29, 0.717) is 23.7 Å². The zero-order chi connectivity index (χ0) is 16.2. The van der Waals surface area contributed by atoms with Gasteiger partial charge in [0.2, 0.25) is 6.79 Å². The summed E-state index contributed by atoms with van der Waals surface area (Å²) in [7, 11) is 4.00. The number of thiophene rings is 1. The zero-order valence-corrected chi connectivity index (χ0v) is 13.9. The number of nitrogens with one attached hydrogen (secondary N) is 2. The summed E-state index contributed by atoms with van der Waals surface area (Å²) in [5.74, 6) is 1.34. The Kier molecular flexibility index (Phi) is 4.68. The second-order valence-corrected chi connectivity index (χ2v) is 6.22. The van der Waals surface area contributed by atoms with E-state index in [1.165, 1.54) is 5.56 Å². The molecule has 0 radical (unpaired) electrons. The summed E-state index contributed by atoms with van der Waals surface area (Å²) < 4.78 is 10.5. The minimum absolute atomic E-state index is 0.142. The van der Waals surface area contributed by atoms with Gasteiger partial charge in [0.25, 0.3) is 0 Å². The van der Waals surface area contributed by atoms with Crippen LogP contribution in [0.15, 0.2) is 35.0 Å². The van der Waals surface area contributed by atoms with Crippen LogP contribution < -0.4 is 20.1 Å². The number of rotatable bonds is 5. The molecule has 2 N–H and O–H groups in total. The van der Waals surface area contributed by atoms with Gasteiger partial charge >= 0.3 is 6.03 Å². The predicted octanol–water partition coefficient (Wildman–Crippen LogP) is 2.90. The Bertz CT molecular complexity index is 673. The Balaban J connectivity index is 1.57. The molecule has 1 atom stereocenters. The van der Waals surface area contributed by atoms with Gasteiger partial charge in [-0.15, -0.1) is 0 Å². The maximum absolute atomic E-state index is 12.1. The first-order valence-corrected chi connectivity index (χ1v) is 8.21. The lowest BCUT2D eigenvalue weighted by Gasteiger charge is -2.24. The van der Waals surface area contributed by atoms with Crippen LogP contribution in [-0.4, -0.2) is 38.4 Å². The summed E-state index contributed by atoms with van der Waals surface area (Å²) in [5, 5.41) is 9.86. The van der Waals surface area contributed by atoms with Crippen molar-refractivity contribution in [3.8, 4) is 11.5 Å². The predicted molar refractivity (Wildman–Crippen MR) is 90.3 cm³/mol. The molecule has 1 aliphatic heterocycles. The van der Waals surface area contributed by atoms with Crippen molar-refractivity contribution in [1.82, 2.24) is 10.2 Å². The second kappa shape index (κ2) is 6.89. The monoisotopic (exact) mass is 333 g/mol. The molecule has 0 saturated carbocycles. The normalized spacial score (nSPS) is 13.9. The van der Waals surface area contributed by atoms with Crippen molar-refractivity contribution in [2.75, 3.05) is 32.7 Å². The molecule has 23 heavy (non-hydrogen) atoms. The second-order valence-electron chi connectivity index (χ2n) is 5.44. The van der Waals surface area contributed by atoms with Gasteiger partial charge in [-0.1, -0.05) is 0 Å². The third kappa shape index (κ3) is 3.75. The first-order valence-electron chi connectivity index (χ1n) is 7.26. The molecule has 0 saturated heterocycles. The number of ether oxygens (including phenoxy) is 2. The molecule has 122 valence electrons. The summed E-state index contributed by atoms with van der Waals surface area (Å²) in [5.41, 5.74) is 1.87. The van der Waals surface area contributed by atoms with Crippen LogP contribution in [0.25, 0.3) is 0 Å². The number of amides is 2. The van der Waals surface area contributed by atoms with Crippen molar-refractivity contribution in [3.05, 3.63) is 40.6 Å². The van der Waals surface area contributed by atoms with Crippen LogP contribution in [0.5, 0.6) is 11.5 Å².